The molecule has 0 spiro atoms. The van der Waals surface area contributed by atoms with Crippen LogP contribution < -0.4 is 5.73 Å². The Morgan fingerprint density at radius 1 is 1.00 bits per heavy atom. The molecule has 3 unspecified atom stereocenters. The molecule has 1 nitrogen and oxygen atoms in total. The quantitative estimate of drug-likeness (QED) is 0.703. The number of rotatable bonds is 1. The Bertz CT molecular complexity index is 210. The third kappa shape index (κ3) is 2.05. The van der Waals surface area contributed by atoms with Crippen molar-refractivity contribution in [2.75, 3.05) is 0 Å². The molecule has 2 aliphatic rings. The van der Waals surface area contributed by atoms with Gasteiger partial charge in [-0.3, -0.25) is 0 Å². The monoisotopic (exact) mass is 207 g/mol. The molecule has 2 fully saturated rings. The lowest BCUT2D eigenvalue weighted by molar-refractivity contribution is -0.199. The van der Waals surface area contributed by atoms with Gasteiger partial charge in [0.1, 0.15) is 0 Å². The third-order valence-corrected chi connectivity index (χ3v) is 3.59. The van der Waals surface area contributed by atoms with Crippen LogP contribution in [0.3, 0.4) is 0 Å². The van der Waals surface area contributed by atoms with Crippen molar-refractivity contribution in [3.8, 4) is 0 Å². The van der Waals surface area contributed by atoms with Crippen LogP contribution >= 0.6 is 0 Å². The molecule has 0 bridgehead atoms. The normalized spacial score (nSPS) is 39.9. The van der Waals surface area contributed by atoms with Gasteiger partial charge in [0, 0.05) is 6.04 Å². The fraction of sp³-hybridized carbons (Fsp3) is 1.00. The second kappa shape index (κ2) is 3.40. The van der Waals surface area contributed by atoms with Gasteiger partial charge >= 0.3 is 6.18 Å². The summed E-state index contributed by atoms with van der Waals surface area (Å²) >= 11 is 0. The first-order chi connectivity index (χ1) is 6.48. The van der Waals surface area contributed by atoms with E-state index in [0.717, 1.165) is 12.8 Å². The maximum Gasteiger partial charge on any atom is 0.392 e. The first-order valence-electron chi connectivity index (χ1n) is 5.31. The number of hydrogen-bond acceptors (Lipinski definition) is 1. The summed E-state index contributed by atoms with van der Waals surface area (Å²) in [4.78, 5) is 0. The van der Waals surface area contributed by atoms with E-state index in [-0.39, 0.29) is 18.4 Å². The topological polar surface area (TPSA) is 26.0 Å². The fourth-order valence-electron chi connectivity index (χ4n) is 2.69. The van der Waals surface area contributed by atoms with Crippen molar-refractivity contribution in [1.82, 2.24) is 0 Å². The van der Waals surface area contributed by atoms with Gasteiger partial charge in [-0.25, -0.2) is 0 Å². The maximum absolute atomic E-state index is 12.7. The van der Waals surface area contributed by atoms with Crippen LogP contribution in [-0.4, -0.2) is 12.2 Å². The van der Waals surface area contributed by atoms with Gasteiger partial charge in [0.2, 0.25) is 0 Å². The lowest BCUT2D eigenvalue weighted by Gasteiger charge is -2.36. The molecule has 0 aromatic carbocycles. The van der Waals surface area contributed by atoms with Crippen molar-refractivity contribution in [1.29, 1.82) is 0 Å². The van der Waals surface area contributed by atoms with Gasteiger partial charge in [-0.05, 0) is 43.9 Å². The Hall–Kier alpha value is -0.250. The van der Waals surface area contributed by atoms with Crippen LogP contribution in [0.4, 0.5) is 13.2 Å². The summed E-state index contributed by atoms with van der Waals surface area (Å²) in [5, 5.41) is 0. The molecule has 4 heteroatoms. The SMILES string of the molecule is NC1CCC(C(F)(F)F)C(C2CC2)C1. The molecule has 0 aliphatic heterocycles. The van der Waals surface area contributed by atoms with E-state index < -0.39 is 12.1 Å². The van der Waals surface area contributed by atoms with E-state index in [1.807, 2.05) is 0 Å². The zero-order chi connectivity index (χ0) is 10.3. The van der Waals surface area contributed by atoms with E-state index in [9.17, 15) is 13.2 Å². The highest BCUT2D eigenvalue weighted by molar-refractivity contribution is 4.93. The minimum atomic E-state index is -4.01. The lowest BCUT2D eigenvalue weighted by Crippen LogP contribution is -2.40. The number of nitrogens with two attached hydrogens (primary N) is 1. The van der Waals surface area contributed by atoms with Gasteiger partial charge < -0.3 is 5.73 Å². The van der Waals surface area contributed by atoms with Gasteiger partial charge in [-0.15, -0.1) is 0 Å². The summed E-state index contributed by atoms with van der Waals surface area (Å²) in [7, 11) is 0. The predicted octanol–water partition coefficient (Wildman–Crippen LogP) is 2.70. The highest BCUT2D eigenvalue weighted by atomic mass is 19.4. The third-order valence-electron chi connectivity index (χ3n) is 3.59. The minimum absolute atomic E-state index is 0.000741. The summed E-state index contributed by atoms with van der Waals surface area (Å²) in [6, 6.07) is -0.000741. The fourth-order valence-corrected chi connectivity index (χ4v) is 2.69. The van der Waals surface area contributed by atoms with Gasteiger partial charge in [0.15, 0.2) is 0 Å². The van der Waals surface area contributed by atoms with Crippen LogP contribution in [0.5, 0.6) is 0 Å². The van der Waals surface area contributed by atoms with Crippen molar-refractivity contribution in [3.63, 3.8) is 0 Å². The number of hydrogen-bond donors (Lipinski definition) is 1. The summed E-state index contributed by atoms with van der Waals surface area (Å²) in [6.45, 7) is 0. The van der Waals surface area contributed by atoms with Crippen LogP contribution in [0.1, 0.15) is 32.1 Å². The molecule has 0 aromatic heterocycles. The van der Waals surface area contributed by atoms with Crippen LogP contribution in [0.15, 0.2) is 0 Å². The van der Waals surface area contributed by atoms with Crippen LogP contribution in [0.25, 0.3) is 0 Å². The second-order valence-electron chi connectivity index (χ2n) is 4.72. The highest BCUT2D eigenvalue weighted by Gasteiger charge is 2.51. The van der Waals surface area contributed by atoms with Crippen molar-refractivity contribution in [2.24, 2.45) is 23.5 Å². The van der Waals surface area contributed by atoms with E-state index in [1.54, 1.807) is 0 Å². The lowest BCUT2D eigenvalue weighted by atomic mass is 9.74. The van der Waals surface area contributed by atoms with E-state index in [1.165, 1.54) is 0 Å². The molecule has 2 N–H and O–H groups in total. The van der Waals surface area contributed by atoms with Crippen molar-refractivity contribution >= 4 is 0 Å². The summed E-state index contributed by atoms with van der Waals surface area (Å²) < 4.78 is 38.0. The van der Waals surface area contributed by atoms with E-state index >= 15 is 0 Å². The predicted molar refractivity (Wildman–Crippen MR) is 47.6 cm³/mol. The van der Waals surface area contributed by atoms with Crippen molar-refractivity contribution in [2.45, 2.75) is 44.3 Å². The largest absolute Gasteiger partial charge is 0.392 e. The average Bonchev–Trinajstić information content (AvgIpc) is 2.83. The van der Waals surface area contributed by atoms with Crippen molar-refractivity contribution < 1.29 is 13.2 Å². The molecule has 2 aliphatic carbocycles. The molecule has 0 aromatic rings. The first kappa shape index (κ1) is 10.3. The van der Waals surface area contributed by atoms with Gasteiger partial charge in [-0.2, -0.15) is 13.2 Å². The Balaban J connectivity index is 2.06. The first-order valence-corrected chi connectivity index (χ1v) is 5.31. The van der Waals surface area contributed by atoms with Gasteiger partial charge in [-0.1, -0.05) is 0 Å². The van der Waals surface area contributed by atoms with E-state index in [4.69, 9.17) is 5.73 Å². The Morgan fingerprint density at radius 3 is 2.14 bits per heavy atom. The molecule has 2 saturated carbocycles. The van der Waals surface area contributed by atoms with Crippen molar-refractivity contribution in [3.05, 3.63) is 0 Å². The Labute approximate surface area is 81.8 Å². The van der Waals surface area contributed by atoms with Crippen LogP contribution in [-0.2, 0) is 0 Å². The molecule has 82 valence electrons. The highest BCUT2D eigenvalue weighted by Crippen LogP contribution is 2.51. The van der Waals surface area contributed by atoms with E-state index in [2.05, 4.69) is 0 Å². The average molecular weight is 207 g/mol. The molecular formula is C10H16F3N. The zero-order valence-electron chi connectivity index (χ0n) is 8.06. The standard InChI is InChI=1S/C10H16F3N/c11-10(12,13)9-4-3-7(14)5-8(9)6-1-2-6/h6-9H,1-5,14H2. The molecule has 0 saturated heterocycles. The molecule has 0 amide bonds. The smallest absolute Gasteiger partial charge is 0.328 e. The number of halogens is 3. The van der Waals surface area contributed by atoms with Crippen LogP contribution in [0.2, 0.25) is 0 Å². The Morgan fingerprint density at radius 2 is 1.64 bits per heavy atom. The molecule has 2 rings (SSSR count). The molecule has 0 heterocycles. The van der Waals surface area contributed by atoms with Gasteiger partial charge in [0.25, 0.3) is 0 Å². The van der Waals surface area contributed by atoms with Gasteiger partial charge in [0.05, 0.1) is 5.92 Å². The number of alkyl halides is 3. The van der Waals surface area contributed by atoms with E-state index in [0.29, 0.717) is 18.8 Å². The summed E-state index contributed by atoms with van der Waals surface area (Å²) in [5.41, 5.74) is 5.73. The molecule has 0 radical (unpaired) electrons. The van der Waals surface area contributed by atoms with Crippen LogP contribution in [0, 0.1) is 17.8 Å². The molecule has 3 atom stereocenters. The Kier molecular flexibility index (Phi) is 2.50. The minimum Gasteiger partial charge on any atom is -0.328 e. The summed E-state index contributed by atoms with van der Waals surface area (Å²) in [6.07, 6.45) is -0.699. The zero-order valence-corrected chi connectivity index (χ0v) is 8.06. The second-order valence-corrected chi connectivity index (χ2v) is 4.72. The summed E-state index contributed by atoms with van der Waals surface area (Å²) in [5.74, 6) is -0.943. The maximum atomic E-state index is 12.7. The molecule has 14 heavy (non-hydrogen) atoms. The molecular weight excluding hydrogens is 191 g/mol.